The minimum atomic E-state index is 2.00. The molecule has 0 aliphatic carbocycles. The third-order valence-electron chi connectivity index (χ3n) is 6.00. The van der Waals surface area contributed by atoms with Crippen LogP contribution in [0.1, 0.15) is 249 Å². The quantitative estimate of drug-likeness (QED) is 0.142. The van der Waals surface area contributed by atoms with Gasteiger partial charge in [0.25, 0.3) is 0 Å². The second-order valence-corrected chi connectivity index (χ2v) is 10.4. The molecule has 0 aliphatic rings. The predicted molar refractivity (Wildman–Crippen MR) is 442 cm³/mol. The van der Waals surface area contributed by atoms with E-state index in [9.17, 15) is 0 Å². The van der Waals surface area contributed by atoms with Gasteiger partial charge in [0.15, 0.2) is 0 Å². The summed E-state index contributed by atoms with van der Waals surface area (Å²) in [5.74, 6) is 0. The molecule has 0 radical (unpaired) electrons. The zero-order valence-corrected chi connectivity index (χ0v) is 67.2. The van der Waals surface area contributed by atoms with Crippen molar-refractivity contribution in [3.05, 3.63) is 328 Å². The molecule has 9 aromatic carbocycles. The maximum absolute atomic E-state index is 2.00. The van der Waals surface area contributed by atoms with Crippen molar-refractivity contribution in [3.8, 4) is 0 Å². The summed E-state index contributed by atoms with van der Waals surface area (Å²) in [6, 6.07) is 108. The topological polar surface area (TPSA) is 0 Å². The minimum Gasteiger partial charge on any atom is -0.0683 e. The molecular weight excluding hydrogens is 1080 g/mol. The van der Waals surface area contributed by atoms with E-state index in [2.05, 4.69) is 0 Å². The fourth-order valence-electron chi connectivity index (χ4n) is 3.46. The molecule has 0 N–H and O–H groups in total. The zero-order valence-electron chi connectivity index (χ0n) is 67.2. The largest absolute Gasteiger partial charge is 0.0683 e. The molecule has 0 atom stereocenters. The molecule has 0 aliphatic heterocycles. The molecular formula is C90H162. The predicted octanol–water partition coefficient (Wildman–Crippen LogP) is 33.7. The second-order valence-electron chi connectivity index (χ2n) is 10.4. The Labute approximate surface area is 573 Å². The van der Waals surface area contributed by atoms with Gasteiger partial charge in [-0.25, -0.2) is 0 Å². The maximum atomic E-state index is 2.00. The monoisotopic (exact) mass is 1240 g/mol. The van der Waals surface area contributed by atoms with Crippen LogP contribution in [0.2, 0.25) is 0 Å². The highest BCUT2D eigenvalue weighted by Crippen LogP contribution is 1.85. The van der Waals surface area contributed by atoms with Gasteiger partial charge in [-0.1, -0.05) is 577 Å². The highest BCUT2D eigenvalue weighted by molar-refractivity contribution is 5.04. The Kier molecular flexibility index (Phi) is 357. The van der Waals surface area contributed by atoms with Gasteiger partial charge in [-0.15, -0.1) is 0 Å². The van der Waals surface area contributed by atoms with E-state index in [0.29, 0.717) is 0 Å². The van der Waals surface area contributed by atoms with Gasteiger partial charge < -0.3 is 0 Å². The van der Waals surface area contributed by atoms with Gasteiger partial charge in [0, 0.05) is 0 Å². The van der Waals surface area contributed by atoms with Crippen LogP contribution in [-0.4, -0.2) is 0 Å². The fourth-order valence-corrected chi connectivity index (χ4v) is 3.46. The van der Waals surface area contributed by atoms with Gasteiger partial charge in [-0.05, 0) is 0 Å². The molecule has 90 heavy (non-hydrogen) atoms. The van der Waals surface area contributed by atoms with Gasteiger partial charge in [-0.3, -0.25) is 0 Å². The number of benzene rings is 9. The summed E-state index contributed by atoms with van der Waals surface area (Å²) in [4.78, 5) is 0. The van der Waals surface area contributed by atoms with Crippen LogP contribution in [-0.2, 0) is 0 Å². The van der Waals surface area contributed by atoms with Crippen molar-refractivity contribution >= 4 is 0 Å². The molecule has 0 unspecified atom stereocenters. The molecule has 0 fully saturated rings. The average Bonchev–Trinajstić information content (AvgIpc) is 3.74. The molecule has 0 bridgehead atoms. The van der Waals surface area contributed by atoms with Gasteiger partial charge >= 0.3 is 0 Å². The summed E-state index contributed by atoms with van der Waals surface area (Å²) >= 11 is 0. The normalized spacial score (nSPS) is 6.00. The highest BCUT2D eigenvalue weighted by Gasteiger charge is 1.62. The van der Waals surface area contributed by atoms with Crippen LogP contribution in [0.4, 0.5) is 0 Å². The SMILES string of the molecule is CC.CC.CC.CC.CC.CC.CC.CC.CC.CC.CC.CC.CC.CC.CC.CC.CC.CC.c1ccccc1.c1ccccc1.c1ccccc1.c1ccccc1.c1ccccc1.c1ccccc1.c1ccccc1.c1ccccc1.c1ccccc1. The Morgan fingerprint density at radius 1 is 0.0444 bits per heavy atom. The van der Waals surface area contributed by atoms with Crippen molar-refractivity contribution < 1.29 is 0 Å². The summed E-state index contributed by atoms with van der Waals surface area (Å²) in [6.07, 6.45) is 0. The molecule has 9 rings (SSSR count). The second kappa shape index (κ2) is 244. The van der Waals surface area contributed by atoms with Gasteiger partial charge in [0.2, 0.25) is 0 Å². The summed E-state index contributed by atoms with van der Waals surface area (Å²) in [5, 5.41) is 0. The Bertz CT molecular complexity index is 1100. The first-order valence-corrected chi connectivity index (χ1v) is 36.0. The van der Waals surface area contributed by atoms with Crippen molar-refractivity contribution in [2.75, 3.05) is 0 Å². The van der Waals surface area contributed by atoms with Gasteiger partial charge in [0.05, 0.1) is 0 Å². The molecule has 0 spiro atoms. The molecule has 0 saturated heterocycles. The third kappa shape index (κ3) is 235. The van der Waals surface area contributed by atoms with E-state index >= 15 is 0 Å². The fraction of sp³-hybridized carbons (Fsp3) is 0.400. The first kappa shape index (κ1) is 132. The van der Waals surface area contributed by atoms with E-state index in [1.165, 1.54) is 0 Å². The Hall–Kier alpha value is -7.02. The lowest BCUT2D eigenvalue weighted by atomic mass is 10.4. The summed E-state index contributed by atoms with van der Waals surface area (Å²) in [5.41, 5.74) is 0. The number of hydrogen-bond acceptors (Lipinski definition) is 0. The van der Waals surface area contributed by atoms with E-state index in [0.717, 1.165) is 0 Å². The van der Waals surface area contributed by atoms with Crippen molar-refractivity contribution in [2.45, 2.75) is 249 Å². The summed E-state index contributed by atoms with van der Waals surface area (Å²) < 4.78 is 0. The number of hydrogen-bond donors (Lipinski definition) is 0. The van der Waals surface area contributed by atoms with E-state index in [-0.39, 0.29) is 0 Å². The first-order valence-electron chi connectivity index (χ1n) is 36.0. The van der Waals surface area contributed by atoms with Crippen molar-refractivity contribution in [1.82, 2.24) is 0 Å². The van der Waals surface area contributed by atoms with Crippen LogP contribution >= 0.6 is 0 Å². The lowest BCUT2D eigenvalue weighted by Crippen LogP contribution is -1.47. The van der Waals surface area contributed by atoms with Crippen molar-refractivity contribution in [3.63, 3.8) is 0 Å². The number of rotatable bonds is 0. The molecule has 9 aromatic rings. The highest BCUT2D eigenvalue weighted by atomic mass is 13.7. The Balaban J connectivity index is -0.0000000381. The van der Waals surface area contributed by atoms with Crippen LogP contribution in [0.25, 0.3) is 0 Å². The van der Waals surface area contributed by atoms with Crippen LogP contribution in [0.15, 0.2) is 328 Å². The molecule has 522 valence electrons. The molecule has 0 amide bonds. The molecule has 0 heteroatoms. The lowest BCUT2D eigenvalue weighted by molar-refractivity contribution is 1.50. The van der Waals surface area contributed by atoms with Crippen LogP contribution in [0.3, 0.4) is 0 Å². The average molecular weight is 1240 g/mol. The molecule has 0 aromatic heterocycles. The van der Waals surface area contributed by atoms with E-state index in [4.69, 9.17) is 0 Å². The Morgan fingerprint density at radius 3 is 0.0667 bits per heavy atom. The first-order chi connectivity index (χ1) is 45.0. The van der Waals surface area contributed by atoms with Crippen molar-refractivity contribution in [1.29, 1.82) is 0 Å². The summed E-state index contributed by atoms with van der Waals surface area (Å²) in [7, 11) is 0. The smallest absolute Gasteiger partial charge is 0.0623 e. The third-order valence-corrected chi connectivity index (χ3v) is 6.00. The van der Waals surface area contributed by atoms with Gasteiger partial charge in [-0.2, -0.15) is 0 Å². The maximum Gasteiger partial charge on any atom is -0.0623 e. The van der Waals surface area contributed by atoms with Crippen molar-refractivity contribution in [2.24, 2.45) is 0 Å². The van der Waals surface area contributed by atoms with E-state index in [1.807, 2.05) is 577 Å². The van der Waals surface area contributed by atoms with Crippen LogP contribution in [0, 0.1) is 0 Å². The van der Waals surface area contributed by atoms with Crippen LogP contribution < -0.4 is 0 Å². The van der Waals surface area contributed by atoms with Crippen LogP contribution in [0.5, 0.6) is 0 Å². The Morgan fingerprint density at radius 2 is 0.0556 bits per heavy atom. The van der Waals surface area contributed by atoms with Gasteiger partial charge in [0.1, 0.15) is 0 Å². The molecule has 0 heterocycles. The summed E-state index contributed by atoms with van der Waals surface area (Å²) in [6.45, 7) is 72.0. The molecule has 0 nitrogen and oxygen atoms in total. The van der Waals surface area contributed by atoms with E-state index < -0.39 is 0 Å². The lowest BCUT2D eigenvalue weighted by Gasteiger charge is -1.69. The standard InChI is InChI=1S/9C6H6.18C2H6/c9*1-2-4-6-5-3-1;18*1-2/h9*1-6H;18*1-2H3. The zero-order chi connectivity index (χ0) is 74.2. The molecule has 0 saturated carbocycles. The van der Waals surface area contributed by atoms with E-state index in [1.54, 1.807) is 0 Å². The minimum absolute atomic E-state index is 2.00.